The fraction of sp³-hybridized carbons (Fsp3) is 0.600. The Bertz CT molecular complexity index is 378. The summed E-state index contributed by atoms with van der Waals surface area (Å²) in [5.74, 6) is -0.823. The summed E-state index contributed by atoms with van der Waals surface area (Å²) in [4.78, 5) is 21.9. The van der Waals surface area contributed by atoms with Gasteiger partial charge in [0.05, 0.1) is 0 Å². The quantitative estimate of drug-likeness (QED) is 0.762. The van der Waals surface area contributed by atoms with Crippen LogP contribution in [0.1, 0.15) is 26.2 Å². The number of hydrogen-bond acceptors (Lipinski definition) is 2. The first-order valence-corrected chi connectivity index (χ1v) is 5.12. The Morgan fingerprint density at radius 1 is 1.33 bits per heavy atom. The van der Waals surface area contributed by atoms with Gasteiger partial charge in [0.15, 0.2) is 0 Å². The van der Waals surface area contributed by atoms with Crippen LogP contribution in [-0.4, -0.2) is 20.2 Å². The van der Waals surface area contributed by atoms with Crippen LogP contribution >= 0.6 is 0 Å². The molecule has 1 N–H and O–H groups in total. The van der Waals surface area contributed by atoms with Crippen LogP contribution in [0.25, 0.3) is 0 Å². The molecule has 0 spiro atoms. The van der Waals surface area contributed by atoms with Gasteiger partial charge in [-0.2, -0.15) is 0 Å². The highest BCUT2D eigenvalue weighted by Gasteiger charge is 2.03. The number of imidazole rings is 1. The second kappa shape index (κ2) is 5.38. The Morgan fingerprint density at radius 2 is 1.93 bits per heavy atom. The van der Waals surface area contributed by atoms with E-state index >= 15 is 0 Å². The molecule has 84 valence electrons. The summed E-state index contributed by atoms with van der Waals surface area (Å²) in [5, 5.41) is 8.46. The largest absolute Gasteiger partial charge is 0.481 e. The summed E-state index contributed by atoms with van der Waals surface area (Å²) in [6, 6.07) is 0. The van der Waals surface area contributed by atoms with E-state index in [2.05, 4.69) is 0 Å². The lowest BCUT2D eigenvalue weighted by molar-refractivity contribution is -0.137. The SMILES string of the molecule is CCCn1ccn(CCCC(=O)O)c1=O. The molecule has 1 heterocycles. The van der Waals surface area contributed by atoms with E-state index in [4.69, 9.17) is 5.11 Å². The highest BCUT2D eigenvalue weighted by atomic mass is 16.4. The van der Waals surface area contributed by atoms with Crippen LogP contribution in [-0.2, 0) is 17.9 Å². The highest BCUT2D eigenvalue weighted by Crippen LogP contribution is 1.94. The summed E-state index contributed by atoms with van der Waals surface area (Å²) in [5.41, 5.74) is -0.0535. The topological polar surface area (TPSA) is 64.2 Å². The molecule has 0 aromatic carbocycles. The van der Waals surface area contributed by atoms with Gasteiger partial charge in [-0.25, -0.2) is 4.79 Å². The van der Waals surface area contributed by atoms with Gasteiger partial charge in [0.2, 0.25) is 0 Å². The third kappa shape index (κ3) is 3.27. The van der Waals surface area contributed by atoms with Gasteiger partial charge in [-0.1, -0.05) is 6.92 Å². The molecule has 1 rings (SSSR count). The Hall–Kier alpha value is -1.52. The molecule has 15 heavy (non-hydrogen) atoms. The Balaban J connectivity index is 2.55. The summed E-state index contributed by atoms with van der Waals surface area (Å²) in [6.07, 6.45) is 4.96. The van der Waals surface area contributed by atoms with E-state index in [9.17, 15) is 9.59 Å². The van der Waals surface area contributed by atoms with Crippen molar-refractivity contribution in [3.05, 3.63) is 22.9 Å². The zero-order chi connectivity index (χ0) is 11.3. The molecule has 0 aliphatic carbocycles. The van der Waals surface area contributed by atoms with Gasteiger partial charge < -0.3 is 5.11 Å². The van der Waals surface area contributed by atoms with Gasteiger partial charge in [-0.3, -0.25) is 13.9 Å². The fourth-order valence-electron chi connectivity index (χ4n) is 1.44. The number of carbonyl (C=O) groups is 1. The second-order valence-corrected chi connectivity index (χ2v) is 3.46. The molecule has 0 bridgehead atoms. The van der Waals surface area contributed by atoms with E-state index in [0.717, 1.165) is 6.42 Å². The van der Waals surface area contributed by atoms with Crippen LogP contribution in [0.5, 0.6) is 0 Å². The normalized spacial score (nSPS) is 10.5. The van der Waals surface area contributed by atoms with Gasteiger partial charge >= 0.3 is 11.7 Å². The summed E-state index contributed by atoms with van der Waals surface area (Å²) in [7, 11) is 0. The smallest absolute Gasteiger partial charge is 0.328 e. The van der Waals surface area contributed by atoms with E-state index in [1.165, 1.54) is 0 Å². The number of aryl methyl sites for hydroxylation is 2. The molecule has 0 saturated heterocycles. The zero-order valence-electron chi connectivity index (χ0n) is 8.85. The predicted molar refractivity (Wildman–Crippen MR) is 55.9 cm³/mol. The lowest BCUT2D eigenvalue weighted by atomic mass is 10.3. The molecule has 5 heteroatoms. The maximum absolute atomic E-state index is 11.6. The predicted octanol–water partition coefficient (Wildman–Crippen LogP) is 0.925. The first-order valence-electron chi connectivity index (χ1n) is 5.12. The van der Waals surface area contributed by atoms with Crippen molar-refractivity contribution in [1.29, 1.82) is 0 Å². The number of carboxylic acids is 1. The molecule has 1 aromatic heterocycles. The van der Waals surface area contributed by atoms with E-state index in [1.807, 2.05) is 6.92 Å². The first kappa shape index (κ1) is 11.6. The number of carboxylic acid groups (broad SMARTS) is 1. The molecule has 0 fully saturated rings. The highest BCUT2D eigenvalue weighted by molar-refractivity contribution is 5.66. The lowest BCUT2D eigenvalue weighted by Gasteiger charge is -1.99. The molecular weight excluding hydrogens is 196 g/mol. The van der Waals surface area contributed by atoms with E-state index < -0.39 is 5.97 Å². The van der Waals surface area contributed by atoms with Crippen LogP contribution in [0.2, 0.25) is 0 Å². The number of rotatable bonds is 6. The van der Waals surface area contributed by atoms with Crippen molar-refractivity contribution in [2.45, 2.75) is 39.3 Å². The average molecular weight is 212 g/mol. The third-order valence-electron chi connectivity index (χ3n) is 2.17. The van der Waals surface area contributed by atoms with Crippen molar-refractivity contribution in [1.82, 2.24) is 9.13 Å². The molecule has 0 saturated carbocycles. The summed E-state index contributed by atoms with van der Waals surface area (Å²) < 4.78 is 3.19. The molecule has 0 amide bonds. The van der Waals surface area contributed by atoms with Gasteiger partial charge in [0.25, 0.3) is 0 Å². The minimum atomic E-state index is -0.823. The van der Waals surface area contributed by atoms with Gasteiger partial charge in [-0.05, 0) is 12.8 Å². The maximum atomic E-state index is 11.6. The fourth-order valence-corrected chi connectivity index (χ4v) is 1.44. The molecule has 0 aliphatic rings. The number of nitrogens with zero attached hydrogens (tertiary/aromatic N) is 2. The number of aromatic nitrogens is 2. The van der Waals surface area contributed by atoms with Crippen molar-refractivity contribution < 1.29 is 9.90 Å². The van der Waals surface area contributed by atoms with Crippen LogP contribution < -0.4 is 5.69 Å². The van der Waals surface area contributed by atoms with Crippen molar-refractivity contribution in [3.8, 4) is 0 Å². The molecule has 0 unspecified atom stereocenters. The molecule has 0 atom stereocenters. The molecule has 0 radical (unpaired) electrons. The maximum Gasteiger partial charge on any atom is 0.328 e. The van der Waals surface area contributed by atoms with Crippen LogP contribution in [0, 0.1) is 0 Å². The Kier molecular flexibility index (Phi) is 4.15. The minimum absolute atomic E-state index is 0.0535. The van der Waals surface area contributed by atoms with Crippen molar-refractivity contribution in [2.24, 2.45) is 0 Å². The van der Waals surface area contributed by atoms with Crippen LogP contribution in [0.15, 0.2) is 17.2 Å². The van der Waals surface area contributed by atoms with Crippen LogP contribution in [0.3, 0.4) is 0 Å². The van der Waals surface area contributed by atoms with E-state index in [-0.39, 0.29) is 12.1 Å². The minimum Gasteiger partial charge on any atom is -0.481 e. The molecular formula is C10H16N2O3. The van der Waals surface area contributed by atoms with Gasteiger partial charge in [-0.15, -0.1) is 0 Å². The van der Waals surface area contributed by atoms with E-state index in [1.54, 1.807) is 21.5 Å². The van der Waals surface area contributed by atoms with Crippen molar-refractivity contribution in [2.75, 3.05) is 0 Å². The monoisotopic (exact) mass is 212 g/mol. The van der Waals surface area contributed by atoms with Crippen molar-refractivity contribution >= 4 is 5.97 Å². The summed E-state index contributed by atoms with van der Waals surface area (Å²) in [6.45, 7) is 3.20. The van der Waals surface area contributed by atoms with E-state index in [0.29, 0.717) is 19.5 Å². The van der Waals surface area contributed by atoms with Crippen molar-refractivity contribution in [3.63, 3.8) is 0 Å². The summed E-state index contributed by atoms with van der Waals surface area (Å²) >= 11 is 0. The zero-order valence-corrected chi connectivity index (χ0v) is 8.85. The van der Waals surface area contributed by atoms with Gasteiger partial charge in [0.1, 0.15) is 0 Å². The molecule has 1 aromatic rings. The van der Waals surface area contributed by atoms with Crippen LogP contribution in [0.4, 0.5) is 0 Å². The lowest BCUT2D eigenvalue weighted by Crippen LogP contribution is -2.24. The molecule has 5 nitrogen and oxygen atoms in total. The Morgan fingerprint density at radius 3 is 2.47 bits per heavy atom. The Labute approximate surface area is 88.0 Å². The average Bonchev–Trinajstić information content (AvgIpc) is 2.50. The standard InChI is InChI=1S/C10H16N2O3/c1-2-5-11-7-8-12(10(11)15)6-3-4-9(13)14/h7-8H,2-6H2,1H3,(H,13,14). The number of hydrogen-bond donors (Lipinski definition) is 1. The third-order valence-corrected chi connectivity index (χ3v) is 2.17. The second-order valence-electron chi connectivity index (χ2n) is 3.46. The van der Waals surface area contributed by atoms with Gasteiger partial charge in [0, 0.05) is 31.9 Å². The molecule has 0 aliphatic heterocycles. The first-order chi connectivity index (χ1) is 7.15. The number of aliphatic carboxylic acids is 1.